The highest BCUT2D eigenvalue weighted by Crippen LogP contribution is 2.37. The SMILES string of the molecule is Cc1ccc(F)c(C(C)(C)CC(=O)O)c1O. The lowest BCUT2D eigenvalue weighted by molar-refractivity contribution is -0.138. The Balaban J connectivity index is 3.31. The summed E-state index contributed by atoms with van der Waals surface area (Å²) in [5, 5.41) is 18.6. The molecular weight excluding hydrogens is 211 g/mol. The van der Waals surface area contributed by atoms with E-state index in [2.05, 4.69) is 0 Å². The Morgan fingerprint density at radius 3 is 2.50 bits per heavy atom. The number of aliphatic carboxylic acids is 1. The van der Waals surface area contributed by atoms with Crippen LogP contribution in [0, 0.1) is 12.7 Å². The van der Waals surface area contributed by atoms with Gasteiger partial charge in [0.15, 0.2) is 0 Å². The zero-order valence-corrected chi connectivity index (χ0v) is 9.54. The molecule has 0 aliphatic rings. The molecule has 1 rings (SSSR count). The zero-order valence-electron chi connectivity index (χ0n) is 9.54. The van der Waals surface area contributed by atoms with Crippen molar-refractivity contribution in [2.24, 2.45) is 0 Å². The van der Waals surface area contributed by atoms with E-state index in [1.807, 2.05) is 0 Å². The quantitative estimate of drug-likeness (QED) is 0.832. The van der Waals surface area contributed by atoms with Crippen LogP contribution in [0.5, 0.6) is 5.75 Å². The lowest BCUT2D eigenvalue weighted by atomic mass is 9.80. The molecule has 2 N–H and O–H groups in total. The van der Waals surface area contributed by atoms with Gasteiger partial charge in [-0.05, 0) is 18.6 Å². The number of halogens is 1. The van der Waals surface area contributed by atoms with Gasteiger partial charge in [0.05, 0.1) is 6.42 Å². The fourth-order valence-electron chi connectivity index (χ4n) is 1.78. The van der Waals surface area contributed by atoms with Crippen LogP contribution in [0.3, 0.4) is 0 Å². The lowest BCUT2D eigenvalue weighted by Gasteiger charge is -2.25. The van der Waals surface area contributed by atoms with Crippen LogP contribution in [-0.4, -0.2) is 16.2 Å². The molecule has 3 nitrogen and oxygen atoms in total. The van der Waals surface area contributed by atoms with Crippen molar-refractivity contribution < 1.29 is 19.4 Å². The Kier molecular flexibility index (Phi) is 3.21. The number of aromatic hydroxyl groups is 1. The second-order valence-corrected chi connectivity index (χ2v) is 4.54. The summed E-state index contributed by atoms with van der Waals surface area (Å²) in [6.45, 7) is 4.84. The third-order valence-electron chi connectivity index (χ3n) is 2.60. The molecule has 0 heterocycles. The van der Waals surface area contributed by atoms with Gasteiger partial charge in [-0.3, -0.25) is 4.79 Å². The highest BCUT2D eigenvalue weighted by molar-refractivity contribution is 5.69. The molecule has 4 heteroatoms. The molecule has 0 aromatic heterocycles. The van der Waals surface area contributed by atoms with Gasteiger partial charge in [-0.25, -0.2) is 4.39 Å². The number of benzene rings is 1. The van der Waals surface area contributed by atoms with Crippen molar-refractivity contribution in [2.75, 3.05) is 0 Å². The minimum Gasteiger partial charge on any atom is -0.507 e. The number of aryl methyl sites for hydroxylation is 1. The zero-order chi connectivity index (χ0) is 12.5. The lowest BCUT2D eigenvalue weighted by Crippen LogP contribution is -2.23. The van der Waals surface area contributed by atoms with Gasteiger partial charge in [0.25, 0.3) is 0 Å². The van der Waals surface area contributed by atoms with Crippen LogP contribution in [0.1, 0.15) is 31.4 Å². The van der Waals surface area contributed by atoms with Gasteiger partial charge in [0, 0.05) is 11.0 Å². The molecule has 0 aliphatic heterocycles. The smallest absolute Gasteiger partial charge is 0.304 e. The molecule has 88 valence electrons. The summed E-state index contributed by atoms with van der Waals surface area (Å²) in [5.41, 5.74) is -0.337. The van der Waals surface area contributed by atoms with E-state index in [1.54, 1.807) is 20.8 Å². The predicted molar refractivity (Wildman–Crippen MR) is 58.1 cm³/mol. The van der Waals surface area contributed by atoms with E-state index in [9.17, 15) is 14.3 Å². The fraction of sp³-hybridized carbons (Fsp3) is 0.417. The number of carboxylic acids is 1. The first-order valence-electron chi connectivity index (χ1n) is 4.96. The topological polar surface area (TPSA) is 57.5 Å². The molecule has 0 bridgehead atoms. The summed E-state index contributed by atoms with van der Waals surface area (Å²) in [7, 11) is 0. The number of rotatable bonds is 3. The standard InChI is InChI=1S/C12H15FO3/c1-7-4-5-8(13)10(11(7)16)12(2,3)6-9(14)15/h4-5,16H,6H2,1-3H3,(H,14,15). The van der Waals surface area contributed by atoms with Crippen LogP contribution >= 0.6 is 0 Å². The van der Waals surface area contributed by atoms with Gasteiger partial charge in [0.1, 0.15) is 11.6 Å². The summed E-state index contributed by atoms with van der Waals surface area (Å²) < 4.78 is 13.6. The summed E-state index contributed by atoms with van der Waals surface area (Å²) in [6, 6.07) is 2.71. The second kappa shape index (κ2) is 4.12. The van der Waals surface area contributed by atoms with E-state index >= 15 is 0 Å². The van der Waals surface area contributed by atoms with Crippen molar-refractivity contribution in [3.05, 3.63) is 29.1 Å². The number of hydrogen-bond acceptors (Lipinski definition) is 2. The Morgan fingerprint density at radius 2 is 2.00 bits per heavy atom. The van der Waals surface area contributed by atoms with Crippen molar-refractivity contribution in [3.8, 4) is 5.75 Å². The number of phenolic OH excluding ortho intramolecular Hbond substituents is 1. The fourth-order valence-corrected chi connectivity index (χ4v) is 1.78. The highest BCUT2D eigenvalue weighted by Gasteiger charge is 2.30. The van der Waals surface area contributed by atoms with E-state index in [0.29, 0.717) is 5.56 Å². The van der Waals surface area contributed by atoms with Crippen LogP contribution in [-0.2, 0) is 10.2 Å². The van der Waals surface area contributed by atoms with Crippen LogP contribution in [0.4, 0.5) is 4.39 Å². The van der Waals surface area contributed by atoms with E-state index in [4.69, 9.17) is 5.11 Å². The number of phenols is 1. The van der Waals surface area contributed by atoms with Gasteiger partial charge in [0.2, 0.25) is 0 Å². The number of carbonyl (C=O) groups is 1. The first-order valence-corrected chi connectivity index (χ1v) is 4.96. The molecule has 0 unspecified atom stereocenters. The molecule has 0 fully saturated rings. The first-order chi connectivity index (χ1) is 7.25. The maximum atomic E-state index is 13.6. The number of hydrogen-bond donors (Lipinski definition) is 2. The molecule has 0 radical (unpaired) electrons. The average molecular weight is 226 g/mol. The Labute approximate surface area is 93.5 Å². The van der Waals surface area contributed by atoms with Crippen LogP contribution in [0.2, 0.25) is 0 Å². The van der Waals surface area contributed by atoms with Crippen molar-refractivity contribution in [2.45, 2.75) is 32.6 Å². The minimum atomic E-state index is -1.02. The van der Waals surface area contributed by atoms with Crippen molar-refractivity contribution in [1.82, 2.24) is 0 Å². The molecule has 1 aromatic carbocycles. The molecule has 0 saturated heterocycles. The van der Waals surface area contributed by atoms with Crippen LogP contribution < -0.4 is 0 Å². The average Bonchev–Trinajstić information content (AvgIpc) is 2.09. The predicted octanol–water partition coefficient (Wildman–Crippen LogP) is 2.59. The normalized spacial score (nSPS) is 11.5. The largest absolute Gasteiger partial charge is 0.507 e. The Bertz CT molecular complexity index is 425. The van der Waals surface area contributed by atoms with Gasteiger partial charge in [-0.1, -0.05) is 19.9 Å². The third kappa shape index (κ3) is 2.32. The van der Waals surface area contributed by atoms with E-state index in [0.717, 1.165) is 0 Å². The second-order valence-electron chi connectivity index (χ2n) is 4.54. The molecule has 0 spiro atoms. The third-order valence-corrected chi connectivity index (χ3v) is 2.60. The molecule has 1 aromatic rings. The van der Waals surface area contributed by atoms with Crippen LogP contribution in [0.25, 0.3) is 0 Å². The molecule has 0 aliphatic carbocycles. The van der Waals surface area contributed by atoms with Gasteiger partial charge in [-0.2, -0.15) is 0 Å². The van der Waals surface area contributed by atoms with Crippen molar-refractivity contribution >= 4 is 5.97 Å². The highest BCUT2D eigenvalue weighted by atomic mass is 19.1. The summed E-state index contributed by atoms with van der Waals surface area (Å²) in [6.07, 6.45) is -0.235. The Morgan fingerprint density at radius 1 is 1.44 bits per heavy atom. The minimum absolute atomic E-state index is 0.0647. The molecule has 0 amide bonds. The van der Waals surface area contributed by atoms with Gasteiger partial charge >= 0.3 is 5.97 Å². The maximum Gasteiger partial charge on any atom is 0.304 e. The Hall–Kier alpha value is -1.58. The molecule has 0 atom stereocenters. The summed E-state index contributed by atoms with van der Waals surface area (Å²) in [4.78, 5) is 10.7. The summed E-state index contributed by atoms with van der Waals surface area (Å²) >= 11 is 0. The van der Waals surface area contributed by atoms with Gasteiger partial charge in [-0.15, -0.1) is 0 Å². The summed E-state index contributed by atoms with van der Waals surface area (Å²) in [5.74, 6) is -1.76. The molecule has 16 heavy (non-hydrogen) atoms. The number of carboxylic acid groups (broad SMARTS) is 1. The van der Waals surface area contributed by atoms with E-state index in [-0.39, 0.29) is 17.7 Å². The first kappa shape index (κ1) is 12.5. The monoisotopic (exact) mass is 226 g/mol. The van der Waals surface area contributed by atoms with Crippen molar-refractivity contribution in [3.63, 3.8) is 0 Å². The van der Waals surface area contributed by atoms with Crippen LogP contribution in [0.15, 0.2) is 12.1 Å². The maximum absolute atomic E-state index is 13.6. The van der Waals surface area contributed by atoms with Gasteiger partial charge < -0.3 is 10.2 Å². The molecular formula is C12H15FO3. The van der Waals surface area contributed by atoms with E-state index in [1.165, 1.54) is 12.1 Å². The van der Waals surface area contributed by atoms with E-state index < -0.39 is 17.2 Å². The van der Waals surface area contributed by atoms with Crippen molar-refractivity contribution in [1.29, 1.82) is 0 Å². The molecule has 0 saturated carbocycles.